The van der Waals surface area contributed by atoms with E-state index >= 15 is 0 Å². The third kappa shape index (κ3) is 3.46. The van der Waals surface area contributed by atoms with Crippen molar-refractivity contribution in [3.8, 4) is 0 Å². The zero-order chi connectivity index (χ0) is 12.2. The van der Waals surface area contributed by atoms with Gasteiger partial charge in [0.2, 0.25) is 0 Å². The maximum atomic E-state index is 6.00. The van der Waals surface area contributed by atoms with Gasteiger partial charge in [0.15, 0.2) is 0 Å². The minimum atomic E-state index is -0.00222. The van der Waals surface area contributed by atoms with Gasteiger partial charge < -0.3 is 10.5 Å². The van der Waals surface area contributed by atoms with Gasteiger partial charge in [-0.25, -0.2) is 0 Å². The average molecular weight is 227 g/mol. The average Bonchev–Trinajstić information content (AvgIpc) is 2.26. The molecule has 16 heavy (non-hydrogen) atoms. The maximum absolute atomic E-state index is 6.00. The highest BCUT2D eigenvalue weighted by Gasteiger charge is 2.38. The van der Waals surface area contributed by atoms with Gasteiger partial charge in [0.25, 0.3) is 0 Å². The molecular formula is C14H29NO. The van der Waals surface area contributed by atoms with E-state index in [1.54, 1.807) is 0 Å². The van der Waals surface area contributed by atoms with Crippen LogP contribution in [0.4, 0.5) is 0 Å². The summed E-state index contributed by atoms with van der Waals surface area (Å²) < 4.78 is 6.00. The lowest BCUT2D eigenvalue weighted by molar-refractivity contribution is -0.0794. The second kappa shape index (κ2) is 5.50. The van der Waals surface area contributed by atoms with Crippen LogP contribution in [0, 0.1) is 11.3 Å². The predicted molar refractivity (Wildman–Crippen MR) is 69.4 cm³/mol. The van der Waals surface area contributed by atoms with E-state index in [4.69, 9.17) is 10.5 Å². The lowest BCUT2D eigenvalue weighted by Crippen LogP contribution is -2.45. The predicted octanol–water partition coefficient (Wildman–Crippen LogP) is 3.35. The van der Waals surface area contributed by atoms with E-state index in [1.165, 1.54) is 12.8 Å². The highest BCUT2D eigenvalue weighted by atomic mass is 16.5. The molecule has 0 amide bonds. The lowest BCUT2D eigenvalue weighted by Gasteiger charge is -2.43. The zero-order valence-corrected chi connectivity index (χ0v) is 11.5. The van der Waals surface area contributed by atoms with Crippen molar-refractivity contribution in [1.29, 1.82) is 0 Å². The molecule has 1 aliphatic rings. The van der Waals surface area contributed by atoms with E-state index in [0.29, 0.717) is 12.0 Å². The monoisotopic (exact) mass is 227 g/mol. The number of rotatable bonds is 4. The Bertz CT molecular complexity index is 199. The molecular weight excluding hydrogens is 198 g/mol. The van der Waals surface area contributed by atoms with Gasteiger partial charge in [-0.2, -0.15) is 0 Å². The Morgan fingerprint density at radius 3 is 2.19 bits per heavy atom. The Balaban J connectivity index is 2.50. The van der Waals surface area contributed by atoms with Gasteiger partial charge in [-0.05, 0) is 43.4 Å². The van der Waals surface area contributed by atoms with E-state index < -0.39 is 0 Å². The van der Waals surface area contributed by atoms with Gasteiger partial charge in [-0.1, -0.05) is 27.7 Å². The Morgan fingerprint density at radius 1 is 1.25 bits per heavy atom. The van der Waals surface area contributed by atoms with Crippen molar-refractivity contribution in [2.75, 3.05) is 13.2 Å². The van der Waals surface area contributed by atoms with Crippen molar-refractivity contribution in [3.63, 3.8) is 0 Å². The Morgan fingerprint density at radius 2 is 1.81 bits per heavy atom. The normalized spacial score (nSPS) is 31.7. The zero-order valence-electron chi connectivity index (χ0n) is 11.5. The second-order valence-corrected chi connectivity index (χ2v) is 6.38. The number of hydrogen-bond acceptors (Lipinski definition) is 2. The second-order valence-electron chi connectivity index (χ2n) is 6.38. The highest BCUT2D eigenvalue weighted by Crippen LogP contribution is 2.42. The molecule has 0 unspecified atom stereocenters. The van der Waals surface area contributed by atoms with Crippen molar-refractivity contribution >= 4 is 0 Å². The molecule has 0 bridgehead atoms. The molecule has 0 saturated heterocycles. The smallest absolute Gasteiger partial charge is 0.0804 e. The van der Waals surface area contributed by atoms with E-state index in [-0.39, 0.29) is 5.60 Å². The van der Waals surface area contributed by atoms with Gasteiger partial charge >= 0.3 is 0 Å². The summed E-state index contributed by atoms with van der Waals surface area (Å²) >= 11 is 0. The van der Waals surface area contributed by atoms with Crippen LogP contribution in [-0.4, -0.2) is 18.8 Å². The summed E-state index contributed by atoms with van der Waals surface area (Å²) in [5.41, 5.74) is 6.34. The third-order valence-electron chi connectivity index (χ3n) is 4.11. The van der Waals surface area contributed by atoms with Gasteiger partial charge in [0.1, 0.15) is 0 Å². The van der Waals surface area contributed by atoms with Crippen LogP contribution in [-0.2, 0) is 4.74 Å². The molecule has 1 rings (SSSR count). The topological polar surface area (TPSA) is 35.2 Å². The van der Waals surface area contributed by atoms with Crippen molar-refractivity contribution in [2.45, 2.75) is 65.4 Å². The van der Waals surface area contributed by atoms with Crippen LogP contribution in [0.5, 0.6) is 0 Å². The molecule has 0 aliphatic heterocycles. The summed E-state index contributed by atoms with van der Waals surface area (Å²) in [6.07, 6.45) is 5.91. The Kier molecular flexibility index (Phi) is 4.81. The standard InChI is InChI=1S/C14H29NO/c1-5-10-16-14(11-15)8-6-12(7-9-14)13(2,3)4/h12H,5-11,15H2,1-4H3. The van der Waals surface area contributed by atoms with Crippen molar-refractivity contribution < 1.29 is 4.74 Å². The van der Waals surface area contributed by atoms with Crippen molar-refractivity contribution in [2.24, 2.45) is 17.1 Å². The lowest BCUT2D eigenvalue weighted by atomic mass is 9.68. The van der Waals surface area contributed by atoms with E-state index in [2.05, 4.69) is 27.7 Å². The molecule has 0 heterocycles. The molecule has 0 aromatic carbocycles. The molecule has 0 aromatic heterocycles. The maximum Gasteiger partial charge on any atom is 0.0804 e. The summed E-state index contributed by atoms with van der Waals surface area (Å²) in [6, 6.07) is 0. The number of hydrogen-bond donors (Lipinski definition) is 1. The van der Waals surface area contributed by atoms with E-state index in [1.807, 2.05) is 0 Å². The summed E-state index contributed by atoms with van der Waals surface area (Å²) in [6.45, 7) is 10.7. The molecule has 0 aromatic rings. The third-order valence-corrected chi connectivity index (χ3v) is 4.11. The molecule has 0 atom stereocenters. The van der Waals surface area contributed by atoms with Crippen LogP contribution in [0.3, 0.4) is 0 Å². The summed E-state index contributed by atoms with van der Waals surface area (Å²) in [7, 11) is 0. The summed E-state index contributed by atoms with van der Waals surface area (Å²) in [5.74, 6) is 0.831. The van der Waals surface area contributed by atoms with Crippen LogP contribution in [0.25, 0.3) is 0 Å². The minimum absolute atomic E-state index is 0.00222. The first-order chi connectivity index (χ1) is 7.43. The van der Waals surface area contributed by atoms with Gasteiger partial charge in [0, 0.05) is 13.2 Å². The van der Waals surface area contributed by atoms with E-state index in [0.717, 1.165) is 31.8 Å². The number of nitrogens with two attached hydrogens (primary N) is 1. The van der Waals surface area contributed by atoms with Gasteiger partial charge in [-0.3, -0.25) is 0 Å². The molecule has 2 nitrogen and oxygen atoms in total. The Hall–Kier alpha value is -0.0800. The quantitative estimate of drug-likeness (QED) is 0.799. The van der Waals surface area contributed by atoms with Gasteiger partial charge in [-0.15, -0.1) is 0 Å². The molecule has 1 fully saturated rings. The number of ether oxygens (including phenoxy) is 1. The molecule has 2 N–H and O–H groups in total. The van der Waals surface area contributed by atoms with Crippen LogP contribution in [0.1, 0.15) is 59.8 Å². The molecule has 2 heteroatoms. The molecule has 0 spiro atoms. The molecule has 96 valence electrons. The van der Waals surface area contributed by atoms with Crippen LogP contribution in [0.15, 0.2) is 0 Å². The summed E-state index contributed by atoms with van der Waals surface area (Å²) in [5, 5.41) is 0. The van der Waals surface area contributed by atoms with Crippen LogP contribution < -0.4 is 5.73 Å². The van der Waals surface area contributed by atoms with Crippen molar-refractivity contribution in [3.05, 3.63) is 0 Å². The molecule has 1 aliphatic carbocycles. The van der Waals surface area contributed by atoms with Crippen molar-refractivity contribution in [1.82, 2.24) is 0 Å². The van der Waals surface area contributed by atoms with Crippen LogP contribution in [0.2, 0.25) is 0 Å². The fourth-order valence-corrected chi connectivity index (χ4v) is 2.74. The first-order valence-electron chi connectivity index (χ1n) is 6.77. The highest BCUT2D eigenvalue weighted by molar-refractivity contribution is 4.91. The Labute approximate surface area is 101 Å². The van der Waals surface area contributed by atoms with Gasteiger partial charge in [0.05, 0.1) is 5.60 Å². The van der Waals surface area contributed by atoms with E-state index in [9.17, 15) is 0 Å². The molecule has 1 saturated carbocycles. The fraction of sp³-hybridized carbons (Fsp3) is 1.00. The van der Waals surface area contributed by atoms with Crippen LogP contribution >= 0.6 is 0 Å². The first kappa shape index (κ1) is 14.0. The molecule has 0 radical (unpaired) electrons. The first-order valence-corrected chi connectivity index (χ1v) is 6.77. The SMILES string of the molecule is CCCOC1(CN)CCC(C(C)(C)C)CC1. The summed E-state index contributed by atoms with van der Waals surface area (Å²) in [4.78, 5) is 0. The fourth-order valence-electron chi connectivity index (χ4n) is 2.74. The minimum Gasteiger partial charge on any atom is -0.374 e. The largest absolute Gasteiger partial charge is 0.374 e.